The van der Waals surface area contributed by atoms with Crippen molar-refractivity contribution in [2.45, 2.75) is 77.3 Å². The first kappa shape index (κ1) is 24.5. The Kier molecular flexibility index (Phi) is 7.10. The van der Waals surface area contributed by atoms with Crippen LogP contribution in [0.3, 0.4) is 0 Å². The van der Waals surface area contributed by atoms with Crippen molar-refractivity contribution in [3.05, 3.63) is 69.6 Å². The van der Waals surface area contributed by atoms with Gasteiger partial charge >= 0.3 is 0 Å². The summed E-state index contributed by atoms with van der Waals surface area (Å²) in [7, 11) is 0. The van der Waals surface area contributed by atoms with Gasteiger partial charge in [0.1, 0.15) is 0 Å². The minimum atomic E-state index is -0.0678. The fourth-order valence-corrected chi connectivity index (χ4v) is 5.98. The van der Waals surface area contributed by atoms with Gasteiger partial charge < -0.3 is 0 Å². The molecule has 1 aliphatic carbocycles. The van der Waals surface area contributed by atoms with Gasteiger partial charge in [0.05, 0.1) is 10.6 Å². The topological polar surface area (TPSA) is 68.1 Å². The van der Waals surface area contributed by atoms with Crippen molar-refractivity contribution in [2.75, 3.05) is 5.01 Å². The van der Waals surface area contributed by atoms with E-state index in [9.17, 15) is 9.59 Å². The van der Waals surface area contributed by atoms with E-state index in [-0.39, 0.29) is 11.7 Å². The first-order chi connectivity index (χ1) is 17.5. The Bertz CT molecular complexity index is 1340. The number of Topliss-reactive ketones (excluding diaryl/α,β-unsaturated/α-hetero) is 1. The zero-order valence-corrected chi connectivity index (χ0v) is 22.0. The van der Waals surface area contributed by atoms with Gasteiger partial charge in [0.2, 0.25) is 11.1 Å². The molecule has 7 heteroatoms. The molecule has 6 nitrogen and oxygen atoms in total. The average Bonchev–Trinajstić information content (AvgIpc) is 3.31. The van der Waals surface area contributed by atoms with Crippen LogP contribution in [0.15, 0.2) is 52.5 Å². The predicted molar refractivity (Wildman–Crippen MR) is 144 cm³/mol. The number of allylic oxidation sites excluding steroid dienone is 1. The summed E-state index contributed by atoms with van der Waals surface area (Å²) in [5, 5.41) is 11.1. The molecule has 0 bridgehead atoms. The Hall–Kier alpha value is -3.19. The second-order valence-electron chi connectivity index (χ2n) is 9.58. The van der Waals surface area contributed by atoms with Crippen LogP contribution in [0.1, 0.15) is 74.6 Å². The number of amides is 1. The number of rotatable bonds is 7. The van der Waals surface area contributed by atoms with Crippen LogP contribution in [0.5, 0.6) is 0 Å². The summed E-state index contributed by atoms with van der Waals surface area (Å²) in [6.07, 6.45) is 6.70. The van der Waals surface area contributed by atoms with Crippen LogP contribution < -0.4 is 5.01 Å². The van der Waals surface area contributed by atoms with Crippen molar-refractivity contribution in [1.29, 1.82) is 0 Å². The smallest absolute Gasteiger partial charge is 0.246 e. The van der Waals surface area contributed by atoms with Crippen LogP contribution in [0, 0.1) is 6.92 Å². The van der Waals surface area contributed by atoms with Gasteiger partial charge in [0.15, 0.2) is 11.6 Å². The Balaban J connectivity index is 1.73. The van der Waals surface area contributed by atoms with Crippen molar-refractivity contribution in [2.24, 2.45) is 0 Å². The van der Waals surface area contributed by atoms with E-state index in [0.717, 1.165) is 42.4 Å². The van der Waals surface area contributed by atoms with Crippen molar-refractivity contribution in [3.63, 3.8) is 0 Å². The first-order valence-corrected chi connectivity index (χ1v) is 13.8. The van der Waals surface area contributed by atoms with Crippen molar-refractivity contribution >= 4 is 29.1 Å². The Morgan fingerprint density at radius 3 is 2.31 bits per heavy atom. The molecule has 0 radical (unpaired) electrons. The molecule has 0 fully saturated rings. The zero-order valence-electron chi connectivity index (χ0n) is 21.2. The molecule has 0 N–H and O–H groups in total. The standard InChI is InChI=1S/C29H32N4O2S/c1-4-8-24(34)27-26(23-17-16-20-10-6-7-11-22(20)18-23)32(25(35)9-5-2)33-28(30-31-29(33)36-27)21-14-12-19(3)13-15-21/h12-18H,4-11H2,1-3H3. The molecular formula is C29H32N4O2S. The molecule has 3 aromatic rings. The summed E-state index contributed by atoms with van der Waals surface area (Å²) in [5.41, 5.74) is 6.27. The van der Waals surface area contributed by atoms with E-state index in [0.29, 0.717) is 40.8 Å². The number of hydrogen-bond acceptors (Lipinski definition) is 5. The van der Waals surface area contributed by atoms with Crippen LogP contribution in [0.25, 0.3) is 17.1 Å². The Labute approximate surface area is 216 Å². The summed E-state index contributed by atoms with van der Waals surface area (Å²) in [4.78, 5) is 27.8. The number of carbonyl (C=O) groups excluding carboxylic acids is 2. The lowest BCUT2D eigenvalue weighted by molar-refractivity contribution is -0.119. The number of hydrogen-bond donors (Lipinski definition) is 0. The van der Waals surface area contributed by atoms with Gasteiger partial charge in [-0.05, 0) is 74.4 Å². The van der Waals surface area contributed by atoms with E-state index in [4.69, 9.17) is 0 Å². The number of aryl methyl sites for hydroxylation is 3. The van der Waals surface area contributed by atoms with Gasteiger partial charge in [-0.15, -0.1) is 10.2 Å². The normalized spacial score (nSPS) is 15.0. The summed E-state index contributed by atoms with van der Waals surface area (Å²) in [6.45, 7) is 6.04. The number of fused-ring (bicyclic) bond motifs is 2. The number of carbonyl (C=O) groups is 2. The summed E-state index contributed by atoms with van der Waals surface area (Å²) < 4.78 is 1.81. The molecule has 0 saturated carbocycles. The third-order valence-corrected chi connectivity index (χ3v) is 7.86. The molecule has 2 heterocycles. The summed E-state index contributed by atoms with van der Waals surface area (Å²) >= 11 is 1.33. The molecule has 1 aliphatic heterocycles. The molecule has 36 heavy (non-hydrogen) atoms. The molecule has 2 aliphatic rings. The molecule has 0 spiro atoms. The quantitative estimate of drug-likeness (QED) is 0.384. The van der Waals surface area contributed by atoms with Gasteiger partial charge in [0.25, 0.3) is 0 Å². The van der Waals surface area contributed by atoms with Crippen LogP contribution in [-0.4, -0.2) is 26.6 Å². The predicted octanol–water partition coefficient (Wildman–Crippen LogP) is 6.24. The van der Waals surface area contributed by atoms with Crippen molar-refractivity contribution in [1.82, 2.24) is 14.9 Å². The van der Waals surface area contributed by atoms with Crippen LogP contribution >= 0.6 is 11.8 Å². The third-order valence-electron chi connectivity index (χ3n) is 6.79. The fraction of sp³-hybridized carbons (Fsp3) is 0.379. The van der Waals surface area contributed by atoms with Gasteiger partial charge in [0, 0.05) is 24.0 Å². The van der Waals surface area contributed by atoms with Crippen LogP contribution in [-0.2, 0) is 22.4 Å². The zero-order chi connectivity index (χ0) is 25.2. The highest BCUT2D eigenvalue weighted by Gasteiger charge is 2.37. The van der Waals surface area contributed by atoms with E-state index in [1.54, 1.807) is 5.01 Å². The van der Waals surface area contributed by atoms with Gasteiger partial charge in [-0.1, -0.05) is 55.8 Å². The second-order valence-corrected chi connectivity index (χ2v) is 10.6. The molecule has 2 aromatic carbocycles. The second kappa shape index (κ2) is 10.4. The minimum Gasteiger partial charge on any atom is -0.294 e. The largest absolute Gasteiger partial charge is 0.294 e. The average molecular weight is 501 g/mol. The maximum absolute atomic E-state index is 13.8. The van der Waals surface area contributed by atoms with E-state index in [1.807, 2.05) is 49.7 Å². The molecule has 0 atom stereocenters. The van der Waals surface area contributed by atoms with Crippen LogP contribution in [0.4, 0.5) is 0 Å². The number of aromatic nitrogens is 3. The molecule has 0 unspecified atom stereocenters. The third kappa shape index (κ3) is 4.52. The number of ketones is 1. The highest BCUT2D eigenvalue weighted by atomic mass is 32.2. The SMILES string of the molecule is CCCC(=O)C1=C(c2ccc3c(c2)CCCC3)N(C(=O)CCC)n2c(nnc2-c2ccc(C)cc2)S1. The Morgan fingerprint density at radius 2 is 1.58 bits per heavy atom. The van der Waals surface area contributed by atoms with E-state index < -0.39 is 0 Å². The van der Waals surface area contributed by atoms with Gasteiger partial charge in [-0.25, -0.2) is 5.01 Å². The molecule has 186 valence electrons. The highest BCUT2D eigenvalue weighted by molar-refractivity contribution is 8.04. The van der Waals surface area contributed by atoms with Gasteiger partial charge in [-0.3, -0.25) is 9.59 Å². The Morgan fingerprint density at radius 1 is 0.889 bits per heavy atom. The lowest BCUT2D eigenvalue weighted by atomic mass is 9.89. The first-order valence-electron chi connectivity index (χ1n) is 12.9. The minimum absolute atomic E-state index is 0.0376. The summed E-state index contributed by atoms with van der Waals surface area (Å²) in [6, 6.07) is 14.5. The van der Waals surface area contributed by atoms with Gasteiger partial charge in [-0.2, -0.15) is 4.68 Å². The molecule has 0 saturated heterocycles. The molecule has 1 aromatic heterocycles. The lowest BCUT2D eigenvalue weighted by Gasteiger charge is -2.33. The maximum Gasteiger partial charge on any atom is 0.246 e. The fourth-order valence-electron chi connectivity index (χ4n) is 4.95. The van der Waals surface area contributed by atoms with E-state index >= 15 is 0 Å². The number of nitrogens with zero attached hydrogens (tertiary/aromatic N) is 4. The van der Waals surface area contributed by atoms with Crippen molar-refractivity contribution in [3.8, 4) is 11.4 Å². The lowest BCUT2D eigenvalue weighted by Crippen LogP contribution is -2.42. The number of benzene rings is 2. The summed E-state index contributed by atoms with van der Waals surface area (Å²) in [5.74, 6) is 0.566. The van der Waals surface area contributed by atoms with Crippen LogP contribution in [0.2, 0.25) is 0 Å². The molecule has 5 rings (SSSR count). The molecule has 1 amide bonds. The number of thioether (sulfide) groups is 1. The van der Waals surface area contributed by atoms with E-state index in [2.05, 4.69) is 28.4 Å². The van der Waals surface area contributed by atoms with Crippen molar-refractivity contribution < 1.29 is 9.59 Å². The molecular weight excluding hydrogens is 468 g/mol. The monoisotopic (exact) mass is 500 g/mol. The maximum atomic E-state index is 13.8. The van der Waals surface area contributed by atoms with E-state index in [1.165, 1.54) is 29.3 Å². The highest BCUT2D eigenvalue weighted by Crippen LogP contribution is 2.42.